The summed E-state index contributed by atoms with van der Waals surface area (Å²) in [6.45, 7) is 2.80. The molecule has 3 rings (SSSR count). The van der Waals surface area contributed by atoms with Crippen molar-refractivity contribution >= 4 is 11.6 Å². The van der Waals surface area contributed by atoms with Crippen LogP contribution >= 0.6 is 0 Å². The predicted octanol–water partition coefficient (Wildman–Crippen LogP) is 4.27. The fourth-order valence-corrected chi connectivity index (χ4v) is 2.52. The molecule has 1 aromatic heterocycles. The Kier molecular flexibility index (Phi) is 5.46. The summed E-state index contributed by atoms with van der Waals surface area (Å²) in [4.78, 5) is 8.59. The second-order valence-corrected chi connectivity index (χ2v) is 5.77. The first kappa shape index (κ1) is 16.8. The average Bonchev–Trinajstić information content (AvgIpc) is 2.68. The third-order valence-corrected chi connectivity index (χ3v) is 3.96. The van der Waals surface area contributed by atoms with Gasteiger partial charge in [-0.3, -0.25) is 0 Å². The zero-order valence-electron chi connectivity index (χ0n) is 14.4. The maximum absolute atomic E-state index is 5.17. The Labute approximate surface area is 148 Å². The lowest BCUT2D eigenvalue weighted by atomic mass is 10.1. The summed E-state index contributed by atoms with van der Waals surface area (Å²) in [5.41, 5.74) is 2.38. The molecule has 0 aliphatic rings. The molecule has 0 amide bonds. The first-order valence-corrected chi connectivity index (χ1v) is 8.25. The molecular weight excluding hydrogens is 312 g/mol. The second-order valence-electron chi connectivity index (χ2n) is 5.77. The molecule has 0 spiro atoms. The van der Waals surface area contributed by atoms with Crippen LogP contribution in [0.25, 0.3) is 0 Å². The monoisotopic (exact) mass is 334 g/mol. The van der Waals surface area contributed by atoms with Gasteiger partial charge in [0.25, 0.3) is 0 Å². The largest absolute Gasteiger partial charge is 0.497 e. The molecular formula is C20H22N4O. The number of nitrogens with one attached hydrogen (secondary N) is 2. The van der Waals surface area contributed by atoms with Gasteiger partial charge < -0.3 is 15.4 Å². The van der Waals surface area contributed by atoms with Crippen LogP contribution in [0.4, 0.5) is 11.6 Å². The Morgan fingerprint density at radius 2 is 1.68 bits per heavy atom. The molecule has 0 saturated heterocycles. The van der Waals surface area contributed by atoms with Crippen molar-refractivity contribution in [1.29, 1.82) is 0 Å². The highest BCUT2D eigenvalue weighted by Crippen LogP contribution is 2.19. The van der Waals surface area contributed by atoms with E-state index < -0.39 is 0 Å². The van der Waals surface area contributed by atoms with Gasteiger partial charge in [0.15, 0.2) is 0 Å². The zero-order chi connectivity index (χ0) is 17.5. The maximum Gasteiger partial charge on any atom is 0.131 e. The van der Waals surface area contributed by atoms with Crippen LogP contribution in [0.5, 0.6) is 5.75 Å². The molecule has 0 radical (unpaired) electrons. The molecule has 0 bridgehead atoms. The summed E-state index contributed by atoms with van der Waals surface area (Å²) in [5.74, 6) is 2.43. The van der Waals surface area contributed by atoms with Crippen LogP contribution < -0.4 is 15.4 Å². The highest BCUT2D eigenvalue weighted by molar-refractivity contribution is 5.48. The summed E-state index contributed by atoms with van der Waals surface area (Å²) in [7, 11) is 1.67. The third-order valence-electron chi connectivity index (χ3n) is 3.96. The molecule has 128 valence electrons. The van der Waals surface area contributed by atoms with E-state index in [1.165, 1.54) is 5.56 Å². The summed E-state index contributed by atoms with van der Waals surface area (Å²) < 4.78 is 5.17. The number of methoxy groups -OCH3 is 1. The van der Waals surface area contributed by atoms with Crippen LogP contribution in [0.2, 0.25) is 0 Å². The molecule has 0 aliphatic carbocycles. The smallest absolute Gasteiger partial charge is 0.131 e. The van der Waals surface area contributed by atoms with E-state index in [1.807, 2.05) is 48.5 Å². The van der Waals surface area contributed by atoms with Gasteiger partial charge in [-0.05, 0) is 30.2 Å². The molecule has 5 nitrogen and oxygen atoms in total. The average molecular weight is 334 g/mol. The molecule has 5 heteroatoms. The SMILES string of the molecule is COc1ccc(CNc2cc(NC(C)c3ccccc3)ncn2)cc1. The van der Waals surface area contributed by atoms with Crippen molar-refractivity contribution in [3.05, 3.63) is 78.1 Å². The lowest BCUT2D eigenvalue weighted by molar-refractivity contribution is 0.414. The van der Waals surface area contributed by atoms with Gasteiger partial charge in [-0.25, -0.2) is 9.97 Å². The van der Waals surface area contributed by atoms with Crippen LogP contribution in [-0.2, 0) is 6.54 Å². The van der Waals surface area contributed by atoms with Crippen LogP contribution in [0, 0.1) is 0 Å². The van der Waals surface area contributed by atoms with Gasteiger partial charge in [0, 0.05) is 18.7 Å². The van der Waals surface area contributed by atoms with Gasteiger partial charge in [0.1, 0.15) is 23.7 Å². The van der Waals surface area contributed by atoms with Gasteiger partial charge >= 0.3 is 0 Å². The topological polar surface area (TPSA) is 59.1 Å². The summed E-state index contributed by atoms with van der Waals surface area (Å²) in [6.07, 6.45) is 1.57. The van der Waals surface area contributed by atoms with Crippen LogP contribution in [0.1, 0.15) is 24.1 Å². The third kappa shape index (κ3) is 4.70. The lowest BCUT2D eigenvalue weighted by Crippen LogP contribution is -2.09. The number of hydrogen-bond acceptors (Lipinski definition) is 5. The lowest BCUT2D eigenvalue weighted by Gasteiger charge is -2.15. The molecule has 0 aliphatic heterocycles. The van der Waals surface area contributed by atoms with Crippen molar-refractivity contribution in [3.63, 3.8) is 0 Å². The van der Waals surface area contributed by atoms with Gasteiger partial charge in [0.05, 0.1) is 7.11 Å². The van der Waals surface area contributed by atoms with E-state index in [9.17, 15) is 0 Å². The van der Waals surface area contributed by atoms with Gasteiger partial charge in [-0.15, -0.1) is 0 Å². The minimum atomic E-state index is 0.172. The fourth-order valence-electron chi connectivity index (χ4n) is 2.52. The number of nitrogens with zero attached hydrogens (tertiary/aromatic N) is 2. The predicted molar refractivity (Wildman–Crippen MR) is 101 cm³/mol. The minimum Gasteiger partial charge on any atom is -0.497 e. The number of aromatic nitrogens is 2. The standard InChI is InChI=1S/C20H22N4O/c1-15(17-6-4-3-5-7-17)24-20-12-19(22-14-23-20)21-13-16-8-10-18(25-2)11-9-16/h3-12,14-15H,13H2,1-2H3,(H2,21,22,23,24). The molecule has 1 heterocycles. The normalized spacial score (nSPS) is 11.6. The van der Waals surface area contributed by atoms with Crippen LogP contribution in [-0.4, -0.2) is 17.1 Å². The Hall–Kier alpha value is -3.08. The highest BCUT2D eigenvalue weighted by atomic mass is 16.5. The molecule has 25 heavy (non-hydrogen) atoms. The summed E-state index contributed by atoms with van der Waals surface area (Å²) >= 11 is 0. The fraction of sp³-hybridized carbons (Fsp3) is 0.200. The maximum atomic E-state index is 5.17. The number of hydrogen-bond donors (Lipinski definition) is 2. The van der Waals surface area contributed by atoms with E-state index in [0.717, 1.165) is 22.9 Å². The van der Waals surface area contributed by atoms with Crippen molar-refractivity contribution in [3.8, 4) is 5.75 Å². The van der Waals surface area contributed by atoms with E-state index in [2.05, 4.69) is 39.7 Å². The Morgan fingerprint density at radius 1 is 0.960 bits per heavy atom. The van der Waals surface area contributed by atoms with E-state index in [-0.39, 0.29) is 6.04 Å². The van der Waals surface area contributed by atoms with E-state index >= 15 is 0 Å². The number of rotatable bonds is 7. The van der Waals surface area contributed by atoms with Crippen molar-refractivity contribution in [2.75, 3.05) is 17.7 Å². The molecule has 1 atom stereocenters. The van der Waals surface area contributed by atoms with E-state index in [4.69, 9.17) is 4.74 Å². The van der Waals surface area contributed by atoms with Gasteiger partial charge in [-0.1, -0.05) is 42.5 Å². The summed E-state index contributed by atoms with van der Waals surface area (Å²) in [6, 6.07) is 20.3. The molecule has 2 aromatic carbocycles. The van der Waals surface area contributed by atoms with Crippen LogP contribution in [0.3, 0.4) is 0 Å². The quantitative estimate of drug-likeness (QED) is 0.676. The number of anilines is 2. The Bertz CT molecular complexity index is 790. The minimum absolute atomic E-state index is 0.172. The van der Waals surface area contributed by atoms with Gasteiger partial charge in [-0.2, -0.15) is 0 Å². The van der Waals surface area contributed by atoms with Crippen molar-refractivity contribution in [2.45, 2.75) is 19.5 Å². The van der Waals surface area contributed by atoms with E-state index in [1.54, 1.807) is 13.4 Å². The second kappa shape index (κ2) is 8.15. The molecule has 0 saturated carbocycles. The van der Waals surface area contributed by atoms with E-state index in [0.29, 0.717) is 6.54 Å². The van der Waals surface area contributed by atoms with Crippen molar-refractivity contribution < 1.29 is 4.74 Å². The van der Waals surface area contributed by atoms with Crippen molar-refractivity contribution in [2.24, 2.45) is 0 Å². The van der Waals surface area contributed by atoms with Crippen LogP contribution in [0.15, 0.2) is 67.0 Å². The summed E-state index contributed by atoms with van der Waals surface area (Å²) in [5, 5.41) is 6.72. The molecule has 2 N–H and O–H groups in total. The molecule has 1 unspecified atom stereocenters. The number of benzene rings is 2. The molecule has 3 aromatic rings. The highest BCUT2D eigenvalue weighted by Gasteiger charge is 2.06. The Balaban J connectivity index is 1.61. The van der Waals surface area contributed by atoms with Gasteiger partial charge in [0.2, 0.25) is 0 Å². The zero-order valence-corrected chi connectivity index (χ0v) is 14.4. The first-order valence-electron chi connectivity index (χ1n) is 8.25. The number of ether oxygens (including phenoxy) is 1. The first-order chi connectivity index (χ1) is 12.2. The molecule has 0 fully saturated rings. The Morgan fingerprint density at radius 3 is 2.40 bits per heavy atom. The van der Waals surface area contributed by atoms with Crippen molar-refractivity contribution in [1.82, 2.24) is 9.97 Å².